The van der Waals surface area contributed by atoms with Crippen LogP contribution in [0.3, 0.4) is 0 Å². The summed E-state index contributed by atoms with van der Waals surface area (Å²) >= 11 is 5.68. The van der Waals surface area contributed by atoms with E-state index in [1.807, 2.05) is 6.92 Å². The molecule has 0 fully saturated rings. The predicted molar refractivity (Wildman–Crippen MR) is 37.5 cm³/mol. The Kier molecular flexibility index (Phi) is 2.06. The number of hydrogen-bond donors (Lipinski definition) is 0. The highest BCUT2D eigenvalue weighted by Gasteiger charge is 1.94. The van der Waals surface area contributed by atoms with Gasteiger partial charge in [0, 0.05) is 6.20 Å². The summed E-state index contributed by atoms with van der Waals surface area (Å²) in [6, 6.07) is 4.76. The Bertz CT molecular complexity index is 198. The number of pyridine rings is 1. The minimum absolute atomic E-state index is 0.569. The summed E-state index contributed by atoms with van der Waals surface area (Å²) in [5.74, 6) is 0. The monoisotopic (exact) mass is 140 g/mol. The van der Waals surface area contributed by atoms with E-state index >= 15 is 0 Å². The quantitative estimate of drug-likeness (QED) is 0.545. The number of halogens is 1. The summed E-state index contributed by atoms with van der Waals surface area (Å²) < 4.78 is 0. The SMILES string of the molecule is CCc1[c]ccnc1Cl. The summed E-state index contributed by atoms with van der Waals surface area (Å²) in [5.41, 5.74) is 0.985. The molecule has 47 valence electrons. The van der Waals surface area contributed by atoms with Gasteiger partial charge in [0.25, 0.3) is 0 Å². The molecule has 1 aromatic heterocycles. The first-order valence-electron chi connectivity index (χ1n) is 2.85. The zero-order valence-electron chi connectivity index (χ0n) is 5.19. The molecule has 0 amide bonds. The number of hydrogen-bond acceptors (Lipinski definition) is 1. The molecule has 1 nitrogen and oxygen atoms in total. The van der Waals surface area contributed by atoms with Gasteiger partial charge in [-0.3, -0.25) is 0 Å². The van der Waals surface area contributed by atoms with E-state index in [2.05, 4.69) is 11.1 Å². The Morgan fingerprint density at radius 3 is 3.00 bits per heavy atom. The Morgan fingerprint density at radius 1 is 1.78 bits per heavy atom. The average Bonchev–Trinajstić information content (AvgIpc) is 1.89. The van der Waals surface area contributed by atoms with Crippen LogP contribution in [0.5, 0.6) is 0 Å². The van der Waals surface area contributed by atoms with Gasteiger partial charge in [-0.05, 0) is 24.1 Å². The molecule has 1 rings (SSSR count). The molecule has 0 aromatic carbocycles. The lowest BCUT2D eigenvalue weighted by Crippen LogP contribution is -1.83. The summed E-state index contributed by atoms with van der Waals surface area (Å²) in [5, 5.41) is 0.569. The van der Waals surface area contributed by atoms with Crippen molar-refractivity contribution in [3.05, 3.63) is 29.0 Å². The third-order valence-corrected chi connectivity index (χ3v) is 1.45. The molecule has 1 radical (unpaired) electrons. The molecular formula is C7H7ClN. The largest absolute Gasteiger partial charge is 0.244 e. The first-order chi connectivity index (χ1) is 4.34. The average molecular weight is 141 g/mol. The van der Waals surface area contributed by atoms with Crippen LogP contribution in [0.2, 0.25) is 5.15 Å². The number of aromatic nitrogens is 1. The van der Waals surface area contributed by atoms with Crippen LogP contribution in [0.4, 0.5) is 0 Å². The van der Waals surface area contributed by atoms with Crippen molar-refractivity contribution < 1.29 is 0 Å². The van der Waals surface area contributed by atoms with E-state index in [4.69, 9.17) is 11.6 Å². The molecular weight excluding hydrogens is 134 g/mol. The fourth-order valence-corrected chi connectivity index (χ4v) is 0.871. The second-order valence-corrected chi connectivity index (χ2v) is 2.07. The van der Waals surface area contributed by atoms with Crippen LogP contribution >= 0.6 is 11.6 Å². The molecule has 0 saturated heterocycles. The van der Waals surface area contributed by atoms with Gasteiger partial charge in [-0.15, -0.1) is 0 Å². The predicted octanol–water partition coefficient (Wildman–Crippen LogP) is 2.10. The zero-order valence-corrected chi connectivity index (χ0v) is 5.94. The van der Waals surface area contributed by atoms with Crippen LogP contribution in [0.1, 0.15) is 12.5 Å². The third kappa shape index (κ3) is 1.42. The Labute approximate surface area is 59.7 Å². The van der Waals surface area contributed by atoms with Crippen LogP contribution in [0.15, 0.2) is 12.3 Å². The molecule has 1 heterocycles. The molecule has 0 aliphatic heterocycles. The molecule has 0 unspecified atom stereocenters. The van der Waals surface area contributed by atoms with Crippen molar-refractivity contribution in [3.63, 3.8) is 0 Å². The standard InChI is InChI=1S/C7H7ClN/c1-2-6-4-3-5-9-7(6)8/h3,5H,2H2,1H3. The molecule has 0 spiro atoms. The maximum absolute atomic E-state index is 5.68. The Balaban J connectivity index is 3.01. The molecule has 0 atom stereocenters. The van der Waals surface area contributed by atoms with E-state index in [1.54, 1.807) is 12.3 Å². The van der Waals surface area contributed by atoms with E-state index < -0.39 is 0 Å². The van der Waals surface area contributed by atoms with Crippen molar-refractivity contribution in [3.8, 4) is 0 Å². The van der Waals surface area contributed by atoms with Crippen LogP contribution in [-0.2, 0) is 6.42 Å². The van der Waals surface area contributed by atoms with Crippen molar-refractivity contribution in [2.75, 3.05) is 0 Å². The van der Waals surface area contributed by atoms with Crippen molar-refractivity contribution >= 4 is 11.6 Å². The Morgan fingerprint density at radius 2 is 2.56 bits per heavy atom. The molecule has 0 aliphatic carbocycles. The summed E-state index contributed by atoms with van der Waals surface area (Å²) in [6.45, 7) is 2.03. The highest BCUT2D eigenvalue weighted by molar-refractivity contribution is 6.30. The van der Waals surface area contributed by atoms with Gasteiger partial charge >= 0.3 is 0 Å². The van der Waals surface area contributed by atoms with Crippen LogP contribution in [-0.4, -0.2) is 4.98 Å². The lowest BCUT2D eigenvalue weighted by molar-refractivity contribution is 1.10. The van der Waals surface area contributed by atoms with Gasteiger partial charge in [0.05, 0.1) is 0 Å². The summed E-state index contributed by atoms with van der Waals surface area (Å²) in [7, 11) is 0. The zero-order chi connectivity index (χ0) is 6.69. The first-order valence-corrected chi connectivity index (χ1v) is 3.23. The fraction of sp³-hybridized carbons (Fsp3) is 0.286. The Hall–Kier alpha value is -0.560. The van der Waals surface area contributed by atoms with Gasteiger partial charge in [0.15, 0.2) is 0 Å². The van der Waals surface area contributed by atoms with Gasteiger partial charge in [0.2, 0.25) is 0 Å². The first kappa shape index (κ1) is 6.56. The van der Waals surface area contributed by atoms with E-state index in [0.717, 1.165) is 12.0 Å². The molecule has 9 heavy (non-hydrogen) atoms. The van der Waals surface area contributed by atoms with Crippen LogP contribution in [0, 0.1) is 6.07 Å². The van der Waals surface area contributed by atoms with Gasteiger partial charge in [-0.25, -0.2) is 4.98 Å². The van der Waals surface area contributed by atoms with Crippen molar-refractivity contribution in [2.24, 2.45) is 0 Å². The van der Waals surface area contributed by atoms with Crippen LogP contribution in [0.25, 0.3) is 0 Å². The van der Waals surface area contributed by atoms with E-state index in [9.17, 15) is 0 Å². The van der Waals surface area contributed by atoms with E-state index in [1.165, 1.54) is 0 Å². The third-order valence-electron chi connectivity index (χ3n) is 1.12. The fourth-order valence-electron chi connectivity index (χ4n) is 0.626. The van der Waals surface area contributed by atoms with Crippen molar-refractivity contribution in [1.82, 2.24) is 4.98 Å². The lowest BCUT2D eigenvalue weighted by atomic mass is 10.2. The highest BCUT2D eigenvalue weighted by atomic mass is 35.5. The molecule has 1 aromatic rings. The van der Waals surface area contributed by atoms with Gasteiger partial charge < -0.3 is 0 Å². The topological polar surface area (TPSA) is 12.9 Å². The van der Waals surface area contributed by atoms with Crippen LogP contribution < -0.4 is 0 Å². The maximum atomic E-state index is 5.68. The normalized spacial score (nSPS) is 9.56. The van der Waals surface area contributed by atoms with Gasteiger partial charge in [-0.1, -0.05) is 18.5 Å². The van der Waals surface area contributed by atoms with Gasteiger partial charge in [0.1, 0.15) is 5.15 Å². The molecule has 2 heteroatoms. The van der Waals surface area contributed by atoms with Gasteiger partial charge in [-0.2, -0.15) is 0 Å². The van der Waals surface area contributed by atoms with Crippen molar-refractivity contribution in [2.45, 2.75) is 13.3 Å². The number of nitrogens with zero attached hydrogens (tertiary/aromatic N) is 1. The number of aryl methyl sites for hydroxylation is 1. The lowest BCUT2D eigenvalue weighted by Gasteiger charge is -1.94. The molecule has 0 bridgehead atoms. The molecule has 0 N–H and O–H groups in total. The number of rotatable bonds is 1. The smallest absolute Gasteiger partial charge is 0.132 e. The minimum Gasteiger partial charge on any atom is -0.244 e. The summed E-state index contributed by atoms with van der Waals surface area (Å²) in [4.78, 5) is 3.88. The van der Waals surface area contributed by atoms with E-state index in [0.29, 0.717) is 5.15 Å². The second-order valence-electron chi connectivity index (χ2n) is 1.71. The van der Waals surface area contributed by atoms with Crippen molar-refractivity contribution in [1.29, 1.82) is 0 Å². The maximum Gasteiger partial charge on any atom is 0.132 e. The molecule has 0 aliphatic rings. The second kappa shape index (κ2) is 2.83. The highest BCUT2D eigenvalue weighted by Crippen LogP contribution is 2.10. The molecule has 0 saturated carbocycles. The summed E-state index contributed by atoms with van der Waals surface area (Å²) in [6.07, 6.45) is 2.54. The minimum atomic E-state index is 0.569. The van der Waals surface area contributed by atoms with E-state index in [-0.39, 0.29) is 0 Å².